The molecule has 0 heterocycles. The van der Waals surface area contributed by atoms with Gasteiger partial charge in [-0.3, -0.25) is 9.10 Å². The van der Waals surface area contributed by atoms with E-state index in [4.69, 9.17) is 11.6 Å². The van der Waals surface area contributed by atoms with Crippen LogP contribution in [0, 0.1) is 5.82 Å². The van der Waals surface area contributed by atoms with E-state index in [1.165, 1.54) is 43.4 Å². The van der Waals surface area contributed by atoms with Crippen molar-refractivity contribution in [3.63, 3.8) is 0 Å². The first kappa shape index (κ1) is 20.6. The van der Waals surface area contributed by atoms with Gasteiger partial charge in [-0.1, -0.05) is 23.7 Å². The van der Waals surface area contributed by atoms with Gasteiger partial charge in [0.15, 0.2) is 0 Å². The molecule has 3 aromatic rings. The van der Waals surface area contributed by atoms with Crippen LogP contribution in [-0.2, 0) is 10.0 Å². The molecule has 0 spiro atoms. The molecule has 150 valence electrons. The molecule has 6 nitrogen and oxygen atoms in total. The maximum Gasteiger partial charge on any atom is 0.264 e. The summed E-state index contributed by atoms with van der Waals surface area (Å²) in [6.07, 6.45) is 0. The van der Waals surface area contributed by atoms with Gasteiger partial charge in [0.25, 0.3) is 15.9 Å². The van der Waals surface area contributed by atoms with Gasteiger partial charge >= 0.3 is 0 Å². The highest BCUT2D eigenvalue weighted by Crippen LogP contribution is 2.28. The van der Waals surface area contributed by atoms with E-state index in [1.54, 1.807) is 12.1 Å². The van der Waals surface area contributed by atoms with Crippen molar-refractivity contribution in [3.05, 3.63) is 83.1 Å². The van der Waals surface area contributed by atoms with Gasteiger partial charge in [0.2, 0.25) is 0 Å². The van der Waals surface area contributed by atoms with E-state index >= 15 is 0 Å². The summed E-state index contributed by atoms with van der Waals surface area (Å²) in [6.45, 7) is 0. The molecule has 0 fully saturated rings. The van der Waals surface area contributed by atoms with Crippen LogP contribution in [0.4, 0.5) is 15.8 Å². The lowest BCUT2D eigenvalue weighted by atomic mass is 10.2. The predicted molar refractivity (Wildman–Crippen MR) is 110 cm³/mol. The Morgan fingerprint density at radius 1 is 1.07 bits per heavy atom. The third-order valence-corrected chi connectivity index (χ3v) is 6.29. The SMILES string of the molecule is CN(c1ccc(F)cc1)S(=O)(=O)c1ccc(Cl)c(C(=O)Nc2ccccc2O)c1. The van der Waals surface area contributed by atoms with Crippen LogP contribution in [0.2, 0.25) is 5.02 Å². The van der Waals surface area contributed by atoms with Gasteiger partial charge in [-0.05, 0) is 54.6 Å². The van der Waals surface area contributed by atoms with Crippen LogP contribution < -0.4 is 9.62 Å². The fourth-order valence-corrected chi connectivity index (χ4v) is 3.98. The number of hydrogen-bond donors (Lipinski definition) is 2. The largest absolute Gasteiger partial charge is 0.506 e. The van der Waals surface area contributed by atoms with E-state index in [0.29, 0.717) is 0 Å². The van der Waals surface area contributed by atoms with Crippen molar-refractivity contribution in [3.8, 4) is 5.75 Å². The minimum atomic E-state index is -4.04. The molecule has 3 aromatic carbocycles. The highest BCUT2D eigenvalue weighted by atomic mass is 35.5. The summed E-state index contributed by atoms with van der Waals surface area (Å²) in [4.78, 5) is 12.4. The molecular weight excluding hydrogens is 419 g/mol. The van der Waals surface area contributed by atoms with Crippen molar-refractivity contribution >= 4 is 38.9 Å². The number of nitrogens with zero attached hydrogens (tertiary/aromatic N) is 1. The van der Waals surface area contributed by atoms with Crippen LogP contribution in [0.25, 0.3) is 0 Å². The maximum absolute atomic E-state index is 13.1. The lowest BCUT2D eigenvalue weighted by molar-refractivity contribution is 0.102. The highest BCUT2D eigenvalue weighted by Gasteiger charge is 2.24. The summed E-state index contributed by atoms with van der Waals surface area (Å²) in [5.41, 5.74) is 0.329. The number of halogens is 2. The molecule has 3 rings (SSSR count). The Morgan fingerprint density at radius 3 is 2.38 bits per heavy atom. The summed E-state index contributed by atoms with van der Waals surface area (Å²) < 4.78 is 40.0. The summed E-state index contributed by atoms with van der Waals surface area (Å²) in [7, 11) is -2.72. The Labute approximate surface area is 172 Å². The standard InChI is InChI=1S/C20H16ClFN2O4S/c1-24(14-8-6-13(22)7-9-14)29(27,28)15-10-11-17(21)16(12-15)20(26)23-18-4-2-3-5-19(18)25/h2-12,25H,1H3,(H,23,26). The average Bonchev–Trinajstić information content (AvgIpc) is 2.70. The number of hydrogen-bond acceptors (Lipinski definition) is 4. The number of carbonyl (C=O) groups excluding carboxylic acids is 1. The topological polar surface area (TPSA) is 86.7 Å². The minimum Gasteiger partial charge on any atom is -0.506 e. The van der Waals surface area contributed by atoms with Gasteiger partial charge in [0, 0.05) is 7.05 Å². The molecule has 2 N–H and O–H groups in total. The van der Waals surface area contributed by atoms with Crippen molar-refractivity contribution in [2.45, 2.75) is 4.90 Å². The van der Waals surface area contributed by atoms with E-state index in [2.05, 4.69) is 5.32 Å². The second-order valence-electron chi connectivity index (χ2n) is 6.06. The van der Waals surface area contributed by atoms with Crippen LogP contribution in [0.3, 0.4) is 0 Å². The Kier molecular flexibility index (Phi) is 5.76. The molecule has 1 amide bonds. The van der Waals surface area contributed by atoms with Gasteiger partial charge in [0.05, 0.1) is 26.9 Å². The third kappa shape index (κ3) is 4.33. The van der Waals surface area contributed by atoms with Crippen LogP contribution in [-0.4, -0.2) is 26.5 Å². The smallest absolute Gasteiger partial charge is 0.264 e. The Bertz CT molecular complexity index is 1170. The molecule has 0 unspecified atom stereocenters. The molecule has 0 aliphatic heterocycles. The molecule has 0 aliphatic rings. The number of para-hydroxylation sites is 2. The number of benzene rings is 3. The molecule has 0 atom stereocenters. The molecule has 0 radical (unpaired) electrons. The zero-order chi connectivity index (χ0) is 21.2. The van der Waals surface area contributed by atoms with E-state index in [1.807, 2.05) is 0 Å². The number of anilines is 2. The lowest BCUT2D eigenvalue weighted by Gasteiger charge is -2.20. The first-order chi connectivity index (χ1) is 13.7. The van der Waals surface area contributed by atoms with Gasteiger partial charge in [-0.15, -0.1) is 0 Å². The molecule has 0 bridgehead atoms. The second kappa shape index (κ2) is 8.10. The van der Waals surface area contributed by atoms with Gasteiger partial charge < -0.3 is 10.4 Å². The minimum absolute atomic E-state index is 0.0429. The summed E-state index contributed by atoms with van der Waals surface area (Å²) in [5.74, 6) is -1.32. The van der Waals surface area contributed by atoms with Crippen molar-refractivity contribution in [2.24, 2.45) is 0 Å². The molecule has 0 aromatic heterocycles. The zero-order valence-corrected chi connectivity index (χ0v) is 16.7. The van der Waals surface area contributed by atoms with Crippen molar-refractivity contribution in [2.75, 3.05) is 16.7 Å². The van der Waals surface area contributed by atoms with Gasteiger partial charge in [-0.2, -0.15) is 0 Å². The predicted octanol–water partition coefficient (Wildman–Crippen LogP) is 4.26. The lowest BCUT2D eigenvalue weighted by Crippen LogP contribution is -2.27. The molecule has 0 saturated carbocycles. The average molecular weight is 435 g/mol. The molecule has 29 heavy (non-hydrogen) atoms. The van der Waals surface area contributed by atoms with Crippen molar-refractivity contribution in [1.82, 2.24) is 0 Å². The van der Waals surface area contributed by atoms with Gasteiger partial charge in [-0.25, -0.2) is 12.8 Å². The van der Waals surface area contributed by atoms with Crippen LogP contribution in [0.5, 0.6) is 5.75 Å². The van der Waals surface area contributed by atoms with E-state index < -0.39 is 21.7 Å². The van der Waals surface area contributed by atoms with E-state index in [9.17, 15) is 22.7 Å². The molecule has 0 saturated heterocycles. The van der Waals surface area contributed by atoms with Crippen LogP contribution in [0.1, 0.15) is 10.4 Å². The third-order valence-electron chi connectivity index (χ3n) is 4.18. The van der Waals surface area contributed by atoms with E-state index in [0.717, 1.165) is 22.5 Å². The maximum atomic E-state index is 13.1. The monoisotopic (exact) mass is 434 g/mol. The van der Waals surface area contributed by atoms with Crippen LogP contribution >= 0.6 is 11.6 Å². The van der Waals surface area contributed by atoms with Gasteiger partial charge in [0.1, 0.15) is 11.6 Å². The van der Waals surface area contributed by atoms with Crippen molar-refractivity contribution in [1.29, 1.82) is 0 Å². The van der Waals surface area contributed by atoms with Crippen LogP contribution in [0.15, 0.2) is 71.6 Å². The number of amides is 1. The number of sulfonamides is 1. The fourth-order valence-electron chi connectivity index (χ4n) is 2.56. The number of nitrogens with one attached hydrogen (secondary N) is 1. The normalized spacial score (nSPS) is 11.1. The summed E-state index contributed by atoms with van der Waals surface area (Å²) >= 11 is 6.09. The Hall–Kier alpha value is -3.10. The fraction of sp³-hybridized carbons (Fsp3) is 0.0500. The number of rotatable bonds is 5. The first-order valence-corrected chi connectivity index (χ1v) is 10.2. The van der Waals surface area contributed by atoms with Crippen molar-refractivity contribution < 1.29 is 22.7 Å². The highest BCUT2D eigenvalue weighted by molar-refractivity contribution is 7.92. The molecule has 9 heteroatoms. The summed E-state index contributed by atoms with van der Waals surface area (Å²) in [6, 6.07) is 14.8. The number of phenolic OH excluding ortho intramolecular Hbond substituents is 1. The van der Waals surface area contributed by atoms with E-state index in [-0.39, 0.29) is 32.6 Å². The Balaban J connectivity index is 1.94. The molecule has 0 aliphatic carbocycles. The number of aromatic hydroxyl groups is 1. The zero-order valence-electron chi connectivity index (χ0n) is 15.1. The summed E-state index contributed by atoms with van der Waals surface area (Å²) in [5, 5.41) is 12.3. The quantitative estimate of drug-likeness (QED) is 0.587. The number of phenols is 1. The Morgan fingerprint density at radius 2 is 1.72 bits per heavy atom. The molecular formula is C20H16ClFN2O4S. The number of carbonyl (C=O) groups is 1. The first-order valence-electron chi connectivity index (χ1n) is 8.33. The second-order valence-corrected chi connectivity index (χ2v) is 8.44.